The van der Waals surface area contributed by atoms with Crippen molar-refractivity contribution in [3.8, 4) is 5.75 Å². The Morgan fingerprint density at radius 1 is 0.931 bits per heavy atom. The molecule has 0 aliphatic carbocycles. The van der Waals surface area contributed by atoms with Gasteiger partial charge in [-0.25, -0.2) is 0 Å². The second-order valence-electron chi connectivity index (χ2n) is 6.02. The van der Waals surface area contributed by atoms with Crippen LogP contribution in [0.25, 0.3) is 0 Å². The van der Waals surface area contributed by atoms with E-state index >= 15 is 0 Å². The van der Waals surface area contributed by atoms with Crippen molar-refractivity contribution in [2.45, 2.75) is 13.2 Å². The topological polar surface area (TPSA) is 33.6 Å². The number of nitrogens with zero attached hydrogens (tertiary/aromatic N) is 1. The Hall–Kier alpha value is -0.740. The summed E-state index contributed by atoms with van der Waals surface area (Å²) >= 11 is 22.8. The number of hydrogen-bond donors (Lipinski definition) is 1. The number of rotatable bonds is 7. The lowest BCUT2D eigenvalue weighted by Gasteiger charge is -2.11. The van der Waals surface area contributed by atoms with Crippen molar-refractivity contribution in [3.05, 3.63) is 93.5 Å². The van der Waals surface area contributed by atoms with Crippen LogP contribution < -0.4 is 10.2 Å². The van der Waals surface area contributed by atoms with E-state index in [0.29, 0.717) is 28.2 Å². The van der Waals surface area contributed by atoms with Crippen LogP contribution >= 0.6 is 80.0 Å². The zero-order chi connectivity index (χ0) is 20.8. The monoisotopic (exact) mass is 670 g/mol. The van der Waals surface area contributed by atoms with E-state index in [-0.39, 0.29) is 0 Å². The van der Waals surface area contributed by atoms with Gasteiger partial charge in [-0.3, -0.25) is 0 Å². The second kappa shape index (κ2) is 11.0. The largest absolute Gasteiger partial charge is 0.487 e. The summed E-state index contributed by atoms with van der Waals surface area (Å²) in [6, 6.07) is 17.1. The molecule has 0 atom stereocenters. The Balaban J connectivity index is 1.62. The van der Waals surface area contributed by atoms with Crippen molar-refractivity contribution in [2.75, 3.05) is 0 Å². The van der Waals surface area contributed by atoms with Gasteiger partial charge in [0.05, 0.1) is 19.9 Å². The lowest BCUT2D eigenvalue weighted by atomic mass is 10.2. The van der Waals surface area contributed by atoms with E-state index in [1.807, 2.05) is 54.6 Å². The van der Waals surface area contributed by atoms with E-state index in [1.165, 1.54) is 0 Å². The number of hydrazone groups is 1. The predicted octanol–water partition coefficient (Wildman–Crippen LogP) is 7.56. The lowest BCUT2D eigenvalue weighted by molar-refractivity contribution is 0.302. The molecule has 0 saturated heterocycles. The smallest absolute Gasteiger partial charge is 0.146 e. The molecular weight excluding hydrogens is 656 g/mol. The van der Waals surface area contributed by atoms with Crippen molar-refractivity contribution in [2.24, 2.45) is 5.10 Å². The van der Waals surface area contributed by atoms with Crippen molar-refractivity contribution in [1.82, 2.24) is 5.43 Å². The average molecular weight is 672 g/mol. The summed E-state index contributed by atoms with van der Waals surface area (Å²) in [4.78, 5) is 0. The molecule has 0 heterocycles. The fraction of sp³-hybridized carbons (Fsp3) is 0.0952. The quantitative estimate of drug-likeness (QED) is 0.160. The molecule has 0 aliphatic heterocycles. The van der Waals surface area contributed by atoms with Gasteiger partial charge >= 0.3 is 0 Å². The Morgan fingerprint density at radius 3 is 2.17 bits per heavy atom. The van der Waals surface area contributed by atoms with Crippen LogP contribution in [0.1, 0.15) is 16.7 Å². The maximum Gasteiger partial charge on any atom is 0.146 e. The molecule has 0 aromatic heterocycles. The third-order valence-corrected chi connectivity index (χ3v) is 6.50. The Labute approximate surface area is 212 Å². The van der Waals surface area contributed by atoms with Gasteiger partial charge in [0, 0.05) is 20.6 Å². The van der Waals surface area contributed by atoms with Crippen LogP contribution in [0.3, 0.4) is 0 Å². The van der Waals surface area contributed by atoms with E-state index < -0.39 is 0 Å². The molecule has 0 unspecified atom stereocenters. The molecule has 3 aromatic rings. The minimum atomic E-state index is 0.450. The van der Waals surface area contributed by atoms with Gasteiger partial charge in [-0.15, -0.1) is 0 Å². The first-order chi connectivity index (χ1) is 13.9. The summed E-state index contributed by atoms with van der Waals surface area (Å²) in [7, 11) is 0. The summed E-state index contributed by atoms with van der Waals surface area (Å²) in [5, 5.41) is 6.23. The number of nitrogens with one attached hydrogen (secondary N) is 1. The highest BCUT2D eigenvalue weighted by molar-refractivity contribution is 14.1. The highest BCUT2D eigenvalue weighted by Crippen LogP contribution is 2.29. The van der Waals surface area contributed by atoms with Crippen molar-refractivity contribution < 1.29 is 4.74 Å². The Morgan fingerprint density at radius 2 is 1.55 bits per heavy atom. The molecule has 0 fully saturated rings. The highest BCUT2D eigenvalue weighted by Gasteiger charge is 2.09. The lowest BCUT2D eigenvalue weighted by Crippen LogP contribution is -2.07. The highest BCUT2D eigenvalue weighted by atomic mass is 127. The van der Waals surface area contributed by atoms with Crippen LogP contribution in [0.15, 0.2) is 59.7 Å². The van der Waals surface area contributed by atoms with Gasteiger partial charge in [0.2, 0.25) is 0 Å². The maximum atomic E-state index is 6.17. The molecular formula is C21H15Cl3I2N2O. The first-order valence-corrected chi connectivity index (χ1v) is 11.8. The first kappa shape index (κ1) is 22.9. The molecule has 8 heteroatoms. The zero-order valence-electron chi connectivity index (χ0n) is 14.9. The van der Waals surface area contributed by atoms with E-state index in [4.69, 9.17) is 39.5 Å². The predicted molar refractivity (Wildman–Crippen MR) is 139 cm³/mol. The Bertz CT molecular complexity index is 984. The van der Waals surface area contributed by atoms with E-state index in [1.54, 1.807) is 6.21 Å². The van der Waals surface area contributed by atoms with Crippen molar-refractivity contribution in [3.63, 3.8) is 0 Å². The van der Waals surface area contributed by atoms with Gasteiger partial charge in [0.1, 0.15) is 12.4 Å². The average Bonchev–Trinajstić information content (AvgIpc) is 2.68. The molecule has 3 aromatic carbocycles. The summed E-state index contributed by atoms with van der Waals surface area (Å²) in [6.45, 7) is 0.933. The fourth-order valence-electron chi connectivity index (χ4n) is 2.47. The summed E-state index contributed by atoms with van der Waals surface area (Å²) in [5.41, 5.74) is 5.84. The summed E-state index contributed by atoms with van der Waals surface area (Å²) in [6.07, 6.45) is 1.76. The summed E-state index contributed by atoms with van der Waals surface area (Å²) < 4.78 is 8.04. The maximum absolute atomic E-state index is 6.17. The fourth-order valence-corrected chi connectivity index (χ4v) is 5.26. The number of ether oxygens (including phenoxy) is 1. The molecule has 0 bridgehead atoms. The number of benzene rings is 3. The first-order valence-electron chi connectivity index (χ1n) is 8.49. The SMILES string of the molecule is Clc1ccc(COc2c(I)cc(/C=N/NCc3c(Cl)cccc3Cl)cc2I)cc1. The van der Waals surface area contributed by atoms with Crippen LogP contribution in [0.5, 0.6) is 5.75 Å². The van der Waals surface area contributed by atoms with Gasteiger partial charge in [0.15, 0.2) is 0 Å². The molecule has 1 N–H and O–H groups in total. The molecule has 0 amide bonds. The van der Waals surface area contributed by atoms with Gasteiger partial charge < -0.3 is 10.2 Å². The molecule has 150 valence electrons. The second-order valence-corrected chi connectivity index (χ2v) is 9.60. The van der Waals surface area contributed by atoms with E-state index in [0.717, 1.165) is 29.6 Å². The zero-order valence-corrected chi connectivity index (χ0v) is 21.5. The molecule has 0 aliphatic rings. The van der Waals surface area contributed by atoms with E-state index in [9.17, 15) is 0 Å². The molecule has 3 nitrogen and oxygen atoms in total. The number of halogens is 5. The summed E-state index contributed by atoms with van der Waals surface area (Å²) in [5.74, 6) is 0.856. The third kappa shape index (κ3) is 6.62. The van der Waals surface area contributed by atoms with Crippen molar-refractivity contribution >= 4 is 86.2 Å². The third-order valence-electron chi connectivity index (χ3n) is 3.94. The molecule has 0 spiro atoms. The molecule has 29 heavy (non-hydrogen) atoms. The Kier molecular flexibility index (Phi) is 8.73. The van der Waals surface area contributed by atoms with Crippen LogP contribution in [0.4, 0.5) is 0 Å². The molecule has 0 radical (unpaired) electrons. The standard InChI is InChI=1S/C21H15Cl3I2N2O/c22-15-6-4-13(5-7-15)12-29-21-19(25)8-14(9-20(21)26)10-27-28-11-16-17(23)2-1-3-18(16)24/h1-10,28H,11-12H2/b27-10+. The van der Waals surface area contributed by atoms with Crippen LogP contribution in [-0.4, -0.2) is 6.21 Å². The van der Waals surface area contributed by atoms with Gasteiger partial charge in [0.25, 0.3) is 0 Å². The minimum Gasteiger partial charge on any atom is -0.487 e. The number of hydrogen-bond acceptors (Lipinski definition) is 3. The van der Waals surface area contributed by atoms with Crippen LogP contribution in [0.2, 0.25) is 15.1 Å². The molecule has 0 saturated carbocycles. The van der Waals surface area contributed by atoms with Crippen LogP contribution in [0, 0.1) is 7.14 Å². The van der Waals surface area contributed by atoms with E-state index in [2.05, 4.69) is 55.7 Å². The van der Waals surface area contributed by atoms with Gasteiger partial charge in [-0.1, -0.05) is 53.0 Å². The van der Waals surface area contributed by atoms with Crippen molar-refractivity contribution in [1.29, 1.82) is 0 Å². The minimum absolute atomic E-state index is 0.450. The molecule has 3 rings (SSSR count). The normalized spacial score (nSPS) is 11.1. The van der Waals surface area contributed by atoms with Crippen LogP contribution in [-0.2, 0) is 13.2 Å². The van der Waals surface area contributed by atoms with Gasteiger partial charge in [-0.2, -0.15) is 5.10 Å². The van der Waals surface area contributed by atoms with Gasteiger partial charge in [-0.05, 0) is 92.7 Å².